The Hall–Kier alpha value is -3.38. The number of carbonyl (C=O) groups excluding carboxylic acids is 1. The number of aromatic hydroxyl groups is 1. The van der Waals surface area contributed by atoms with E-state index < -0.39 is 0 Å². The minimum absolute atomic E-state index is 0.0429. The van der Waals surface area contributed by atoms with Crippen LogP contribution < -0.4 is 0 Å². The van der Waals surface area contributed by atoms with E-state index in [0.717, 1.165) is 22.3 Å². The monoisotopic (exact) mass is 299 g/mol. The van der Waals surface area contributed by atoms with Crippen LogP contribution in [0.5, 0.6) is 5.75 Å². The first-order valence-corrected chi connectivity index (χ1v) is 7.12. The van der Waals surface area contributed by atoms with Crippen molar-refractivity contribution in [3.8, 4) is 11.8 Å². The molecule has 0 radical (unpaired) electrons. The predicted molar refractivity (Wildman–Crippen MR) is 88.6 cm³/mol. The van der Waals surface area contributed by atoms with Gasteiger partial charge in [-0.05, 0) is 58.7 Å². The molecule has 110 valence electrons. The van der Waals surface area contributed by atoms with Crippen LogP contribution in [0.3, 0.4) is 0 Å². The van der Waals surface area contributed by atoms with Gasteiger partial charge in [0.15, 0.2) is 5.78 Å². The van der Waals surface area contributed by atoms with Crippen molar-refractivity contribution in [1.29, 1.82) is 5.26 Å². The van der Waals surface area contributed by atoms with Gasteiger partial charge in [0.25, 0.3) is 0 Å². The standard InChI is InChI=1S/C20H13NO2/c21-13-14-1-3-15(4-2-14)20(16-5-9-18(22)10-6-16)17-7-11-19(23)12-8-17/h1-12,22H. The quantitative estimate of drug-likeness (QED) is 0.918. The second-order valence-corrected chi connectivity index (χ2v) is 5.14. The molecule has 0 heterocycles. The summed E-state index contributed by atoms with van der Waals surface area (Å²) in [4.78, 5) is 11.4. The Labute approximate surface area is 134 Å². The molecule has 3 heteroatoms. The summed E-state index contributed by atoms with van der Waals surface area (Å²) in [6.45, 7) is 0. The third-order valence-electron chi connectivity index (χ3n) is 3.60. The van der Waals surface area contributed by atoms with Crippen molar-refractivity contribution in [2.45, 2.75) is 0 Å². The van der Waals surface area contributed by atoms with E-state index in [1.807, 2.05) is 24.3 Å². The van der Waals surface area contributed by atoms with Gasteiger partial charge in [0, 0.05) is 0 Å². The lowest BCUT2D eigenvalue weighted by atomic mass is 9.90. The van der Waals surface area contributed by atoms with Crippen molar-refractivity contribution in [1.82, 2.24) is 0 Å². The molecule has 2 aromatic rings. The molecule has 0 saturated heterocycles. The average molecular weight is 299 g/mol. The highest BCUT2D eigenvalue weighted by atomic mass is 16.3. The highest BCUT2D eigenvalue weighted by Gasteiger charge is 2.11. The number of allylic oxidation sites excluding steroid dienone is 5. The summed E-state index contributed by atoms with van der Waals surface area (Å²) in [5, 5.41) is 18.4. The topological polar surface area (TPSA) is 61.1 Å². The van der Waals surface area contributed by atoms with Crippen LogP contribution >= 0.6 is 0 Å². The van der Waals surface area contributed by atoms with E-state index in [1.165, 1.54) is 12.2 Å². The van der Waals surface area contributed by atoms with Gasteiger partial charge in [-0.1, -0.05) is 36.4 Å². The molecule has 2 aromatic carbocycles. The molecular weight excluding hydrogens is 286 g/mol. The molecule has 0 saturated carbocycles. The molecule has 0 amide bonds. The lowest BCUT2D eigenvalue weighted by molar-refractivity contribution is -0.110. The minimum Gasteiger partial charge on any atom is -0.508 e. The van der Waals surface area contributed by atoms with Crippen molar-refractivity contribution in [2.75, 3.05) is 0 Å². The van der Waals surface area contributed by atoms with Gasteiger partial charge < -0.3 is 5.11 Å². The first-order chi connectivity index (χ1) is 11.2. The molecule has 1 aliphatic carbocycles. The van der Waals surface area contributed by atoms with E-state index in [-0.39, 0.29) is 11.5 Å². The third kappa shape index (κ3) is 3.12. The van der Waals surface area contributed by atoms with Crippen LogP contribution in [0.25, 0.3) is 5.57 Å². The van der Waals surface area contributed by atoms with Crippen molar-refractivity contribution in [3.05, 3.63) is 95.1 Å². The molecule has 1 aliphatic rings. The van der Waals surface area contributed by atoms with Crippen LogP contribution in [0, 0.1) is 11.3 Å². The summed E-state index contributed by atoms with van der Waals surface area (Å²) in [6.07, 6.45) is 6.62. The summed E-state index contributed by atoms with van der Waals surface area (Å²) < 4.78 is 0. The van der Waals surface area contributed by atoms with Crippen LogP contribution in [0.4, 0.5) is 0 Å². The summed E-state index contributed by atoms with van der Waals surface area (Å²) in [5.41, 5.74) is 4.29. The Morgan fingerprint density at radius 2 is 1.35 bits per heavy atom. The van der Waals surface area contributed by atoms with E-state index >= 15 is 0 Å². The summed E-state index contributed by atoms with van der Waals surface area (Å²) in [7, 11) is 0. The second kappa shape index (κ2) is 6.17. The number of hydrogen-bond donors (Lipinski definition) is 1. The van der Waals surface area contributed by atoms with Crippen LogP contribution in [0.1, 0.15) is 16.7 Å². The highest BCUT2D eigenvalue weighted by Crippen LogP contribution is 2.30. The number of phenolic OH excluding ortho intramolecular Hbond substituents is 1. The van der Waals surface area contributed by atoms with Gasteiger partial charge in [0.1, 0.15) is 5.75 Å². The molecule has 1 N–H and O–H groups in total. The van der Waals surface area contributed by atoms with Crippen LogP contribution in [0.2, 0.25) is 0 Å². The van der Waals surface area contributed by atoms with Crippen molar-refractivity contribution in [2.24, 2.45) is 0 Å². The molecule has 0 fully saturated rings. The maximum Gasteiger partial charge on any atom is 0.178 e. The predicted octanol–water partition coefficient (Wildman–Crippen LogP) is 3.76. The molecular formula is C20H13NO2. The zero-order valence-electron chi connectivity index (χ0n) is 12.2. The van der Waals surface area contributed by atoms with Gasteiger partial charge in [-0.3, -0.25) is 4.79 Å². The van der Waals surface area contributed by atoms with Gasteiger partial charge in [-0.15, -0.1) is 0 Å². The summed E-state index contributed by atoms with van der Waals surface area (Å²) >= 11 is 0. The van der Waals surface area contributed by atoms with E-state index in [1.54, 1.807) is 36.4 Å². The van der Waals surface area contributed by atoms with Gasteiger partial charge >= 0.3 is 0 Å². The Bertz CT molecular complexity index is 859. The number of nitrogens with zero attached hydrogens (tertiary/aromatic N) is 1. The fraction of sp³-hybridized carbons (Fsp3) is 0. The number of hydrogen-bond acceptors (Lipinski definition) is 3. The largest absolute Gasteiger partial charge is 0.508 e. The molecule has 3 nitrogen and oxygen atoms in total. The number of ketones is 1. The SMILES string of the molecule is N#Cc1ccc(C(=C2C=CC(=O)C=C2)c2ccc(O)cc2)cc1. The van der Waals surface area contributed by atoms with Crippen molar-refractivity contribution < 1.29 is 9.90 Å². The van der Waals surface area contributed by atoms with Crippen molar-refractivity contribution in [3.63, 3.8) is 0 Å². The number of rotatable bonds is 2. The molecule has 0 aromatic heterocycles. The Kier molecular flexibility index (Phi) is 3.90. The number of phenols is 1. The lowest BCUT2D eigenvalue weighted by Gasteiger charge is -2.13. The highest BCUT2D eigenvalue weighted by molar-refractivity contribution is 6.03. The maximum atomic E-state index is 11.4. The minimum atomic E-state index is -0.0429. The van der Waals surface area contributed by atoms with Crippen molar-refractivity contribution >= 4 is 11.4 Å². The molecule has 23 heavy (non-hydrogen) atoms. The third-order valence-corrected chi connectivity index (χ3v) is 3.60. The molecule has 0 aliphatic heterocycles. The van der Waals surface area contributed by atoms with Crippen LogP contribution in [0.15, 0.2) is 78.4 Å². The Balaban J connectivity index is 2.18. The zero-order chi connectivity index (χ0) is 16.2. The molecule has 0 bridgehead atoms. The normalized spacial score (nSPS) is 13.0. The van der Waals surface area contributed by atoms with Gasteiger partial charge in [0.05, 0.1) is 11.6 Å². The van der Waals surface area contributed by atoms with E-state index in [9.17, 15) is 9.90 Å². The first-order valence-electron chi connectivity index (χ1n) is 7.12. The number of carbonyl (C=O) groups is 1. The van der Waals surface area contributed by atoms with E-state index in [2.05, 4.69) is 6.07 Å². The molecule has 0 atom stereocenters. The fourth-order valence-corrected chi connectivity index (χ4v) is 2.46. The maximum absolute atomic E-state index is 11.4. The second-order valence-electron chi connectivity index (χ2n) is 5.14. The van der Waals surface area contributed by atoms with E-state index in [4.69, 9.17) is 5.26 Å². The molecule has 3 rings (SSSR count). The van der Waals surface area contributed by atoms with E-state index in [0.29, 0.717) is 5.56 Å². The summed E-state index contributed by atoms with van der Waals surface area (Å²) in [6, 6.07) is 16.3. The lowest BCUT2D eigenvalue weighted by Crippen LogP contribution is -1.97. The van der Waals surface area contributed by atoms with Gasteiger partial charge in [-0.25, -0.2) is 0 Å². The van der Waals surface area contributed by atoms with Crippen LogP contribution in [-0.2, 0) is 4.79 Å². The summed E-state index contributed by atoms with van der Waals surface area (Å²) in [5.74, 6) is 0.154. The Morgan fingerprint density at radius 1 is 0.826 bits per heavy atom. The molecule has 0 spiro atoms. The van der Waals surface area contributed by atoms with Gasteiger partial charge in [-0.2, -0.15) is 5.26 Å². The Morgan fingerprint density at radius 3 is 1.87 bits per heavy atom. The first kappa shape index (κ1) is 14.6. The zero-order valence-corrected chi connectivity index (χ0v) is 12.2. The van der Waals surface area contributed by atoms with Gasteiger partial charge in [0.2, 0.25) is 0 Å². The molecule has 0 unspecified atom stereocenters. The number of nitriles is 1. The van der Waals surface area contributed by atoms with Crippen LogP contribution in [-0.4, -0.2) is 10.9 Å². The smallest absolute Gasteiger partial charge is 0.178 e. The number of benzene rings is 2. The average Bonchev–Trinajstić information content (AvgIpc) is 2.59. The fourth-order valence-electron chi connectivity index (χ4n) is 2.46.